The number of amides is 1. The Hall–Kier alpha value is -3.26. The number of anilines is 1. The van der Waals surface area contributed by atoms with Gasteiger partial charge in [-0.15, -0.1) is 0 Å². The van der Waals surface area contributed by atoms with Gasteiger partial charge in [-0.1, -0.05) is 0 Å². The minimum atomic E-state index is -0.674. The summed E-state index contributed by atoms with van der Waals surface area (Å²) in [6.07, 6.45) is 6.30. The van der Waals surface area contributed by atoms with Crippen molar-refractivity contribution in [3.63, 3.8) is 0 Å². The summed E-state index contributed by atoms with van der Waals surface area (Å²) in [5, 5.41) is 3.17. The summed E-state index contributed by atoms with van der Waals surface area (Å²) < 4.78 is 34.6. The van der Waals surface area contributed by atoms with Crippen LogP contribution >= 0.6 is 0 Å². The number of nitrogens with one attached hydrogen (secondary N) is 1. The topological polar surface area (TPSA) is 80.0 Å². The molecule has 6 nitrogen and oxygen atoms in total. The van der Waals surface area contributed by atoms with Crippen LogP contribution in [0.5, 0.6) is 11.5 Å². The van der Waals surface area contributed by atoms with Gasteiger partial charge in [0.15, 0.2) is 11.6 Å². The van der Waals surface area contributed by atoms with Crippen LogP contribution in [0.2, 0.25) is 0 Å². The largest absolute Gasteiger partial charge is 0.453 e. The van der Waals surface area contributed by atoms with Gasteiger partial charge in [0.05, 0.1) is 11.7 Å². The predicted octanol–water partition coefficient (Wildman–Crippen LogP) is 4.18. The van der Waals surface area contributed by atoms with Crippen LogP contribution in [0.25, 0.3) is 5.57 Å². The number of halogens is 2. The summed E-state index contributed by atoms with van der Waals surface area (Å²) in [5.41, 5.74) is 8.73. The molecule has 1 unspecified atom stereocenters. The quantitative estimate of drug-likeness (QED) is 0.626. The number of carbonyl (C=O) groups excluding carboxylic acids is 1. The maximum absolute atomic E-state index is 14.6. The van der Waals surface area contributed by atoms with Crippen LogP contribution in [0.4, 0.5) is 14.5 Å². The molecule has 1 aliphatic carbocycles. The molecular formula is C26H28F2N4O2. The van der Waals surface area contributed by atoms with Gasteiger partial charge < -0.3 is 20.7 Å². The molecule has 1 saturated carbocycles. The van der Waals surface area contributed by atoms with E-state index in [0.717, 1.165) is 61.8 Å². The number of carbonyl (C=O) groups is 1. The third-order valence-corrected chi connectivity index (χ3v) is 6.69. The summed E-state index contributed by atoms with van der Waals surface area (Å²) in [6.45, 7) is 3.63. The number of hydrogen-bond donors (Lipinski definition) is 2. The van der Waals surface area contributed by atoms with E-state index in [2.05, 4.69) is 10.3 Å². The summed E-state index contributed by atoms with van der Waals surface area (Å²) in [7, 11) is 0. The van der Waals surface area contributed by atoms with Crippen molar-refractivity contribution >= 4 is 23.4 Å². The van der Waals surface area contributed by atoms with Gasteiger partial charge >= 0.3 is 0 Å². The van der Waals surface area contributed by atoms with Crippen molar-refractivity contribution in [1.82, 2.24) is 5.32 Å². The molecule has 5 rings (SSSR count). The van der Waals surface area contributed by atoms with Crippen LogP contribution < -0.4 is 20.7 Å². The summed E-state index contributed by atoms with van der Waals surface area (Å²) in [6, 6.07) is 7.04. The fourth-order valence-corrected chi connectivity index (χ4v) is 4.44. The van der Waals surface area contributed by atoms with Crippen molar-refractivity contribution in [2.75, 3.05) is 18.0 Å². The van der Waals surface area contributed by atoms with Crippen molar-refractivity contribution in [2.24, 2.45) is 16.6 Å². The molecule has 0 bridgehead atoms. The summed E-state index contributed by atoms with van der Waals surface area (Å²) in [4.78, 5) is 19.5. The molecule has 2 aromatic rings. The highest BCUT2D eigenvalue weighted by Gasteiger charge is 2.39. The molecule has 1 atom stereocenters. The number of nitrogens with two attached hydrogens (primary N) is 1. The first-order valence-corrected chi connectivity index (χ1v) is 11.7. The van der Waals surface area contributed by atoms with E-state index in [4.69, 9.17) is 10.5 Å². The van der Waals surface area contributed by atoms with E-state index in [9.17, 15) is 13.6 Å². The standard InChI is InChI=1S/C26H28F2N4O2/c1-15-2-6-21-23(32(15)26(33)16-3-4-16)9-7-20(17(11-29)12-31-19-13-30-14-19)25(21)34-24-10-18(27)5-8-22(24)28/h5,7-12,15-16,19,30H,2-4,6,13-14,29H2,1H3. The monoisotopic (exact) mass is 466 g/mol. The van der Waals surface area contributed by atoms with Gasteiger partial charge in [0.25, 0.3) is 0 Å². The van der Waals surface area contributed by atoms with Gasteiger partial charge in [0.1, 0.15) is 11.6 Å². The van der Waals surface area contributed by atoms with Crippen molar-refractivity contribution in [1.29, 1.82) is 0 Å². The van der Waals surface area contributed by atoms with Crippen LogP contribution in [0, 0.1) is 17.6 Å². The Bertz CT molecular complexity index is 1170. The first-order valence-electron chi connectivity index (χ1n) is 11.7. The normalized spacial score (nSPS) is 20.9. The molecular weight excluding hydrogens is 438 g/mol. The Morgan fingerprint density at radius 1 is 1.21 bits per heavy atom. The Morgan fingerprint density at radius 3 is 2.68 bits per heavy atom. The van der Waals surface area contributed by atoms with Crippen LogP contribution in [0.1, 0.15) is 37.3 Å². The highest BCUT2D eigenvalue weighted by molar-refractivity contribution is 6.11. The third-order valence-electron chi connectivity index (χ3n) is 6.69. The zero-order chi connectivity index (χ0) is 23.8. The molecule has 2 fully saturated rings. The van der Waals surface area contributed by atoms with E-state index in [-0.39, 0.29) is 29.7 Å². The summed E-state index contributed by atoms with van der Waals surface area (Å²) >= 11 is 0. The van der Waals surface area contributed by atoms with Crippen molar-refractivity contribution in [3.05, 3.63) is 59.3 Å². The van der Waals surface area contributed by atoms with E-state index in [1.807, 2.05) is 24.0 Å². The number of fused-ring (bicyclic) bond motifs is 1. The number of rotatable bonds is 6. The molecule has 34 heavy (non-hydrogen) atoms. The molecule has 8 heteroatoms. The second-order valence-corrected chi connectivity index (χ2v) is 9.20. The zero-order valence-corrected chi connectivity index (χ0v) is 19.1. The second kappa shape index (κ2) is 9.18. The first-order chi connectivity index (χ1) is 16.5. The lowest BCUT2D eigenvalue weighted by molar-refractivity contribution is -0.120. The van der Waals surface area contributed by atoms with Gasteiger partial charge in [-0.3, -0.25) is 9.79 Å². The number of hydrogen-bond acceptors (Lipinski definition) is 5. The molecule has 178 valence electrons. The van der Waals surface area contributed by atoms with Crippen molar-refractivity contribution in [3.8, 4) is 11.5 Å². The van der Waals surface area contributed by atoms with Crippen LogP contribution in [0.3, 0.4) is 0 Å². The average molecular weight is 467 g/mol. The Balaban J connectivity index is 1.62. The van der Waals surface area contributed by atoms with Crippen LogP contribution in [-0.4, -0.2) is 37.3 Å². The number of nitrogens with zero attached hydrogens (tertiary/aromatic N) is 2. The Kier molecular flexibility index (Phi) is 6.08. The lowest BCUT2D eigenvalue weighted by Gasteiger charge is -2.37. The highest BCUT2D eigenvalue weighted by Crippen LogP contribution is 2.45. The first kappa shape index (κ1) is 22.5. The number of allylic oxidation sites excluding steroid dienone is 1. The van der Waals surface area contributed by atoms with Crippen LogP contribution in [0.15, 0.2) is 41.5 Å². The average Bonchev–Trinajstić information content (AvgIpc) is 3.63. The van der Waals surface area contributed by atoms with Gasteiger partial charge in [-0.25, -0.2) is 8.78 Å². The molecule has 1 amide bonds. The predicted molar refractivity (Wildman–Crippen MR) is 128 cm³/mol. The Labute approximate surface area is 197 Å². The Morgan fingerprint density at radius 2 is 2.00 bits per heavy atom. The molecule has 2 aliphatic heterocycles. The van der Waals surface area contributed by atoms with Gasteiger partial charge in [-0.05, 0) is 56.9 Å². The lowest BCUT2D eigenvalue weighted by Crippen LogP contribution is -2.45. The van der Waals surface area contributed by atoms with Gasteiger partial charge in [0, 0.05) is 60.2 Å². The molecule has 0 spiro atoms. The third kappa shape index (κ3) is 4.30. The number of aliphatic imine (C=N–C) groups is 1. The molecule has 0 aromatic heterocycles. The van der Waals surface area contributed by atoms with E-state index >= 15 is 0 Å². The molecule has 0 radical (unpaired) electrons. The minimum Gasteiger partial charge on any atom is -0.453 e. The van der Waals surface area contributed by atoms with E-state index in [1.165, 1.54) is 6.20 Å². The second-order valence-electron chi connectivity index (χ2n) is 9.20. The van der Waals surface area contributed by atoms with E-state index in [0.29, 0.717) is 23.3 Å². The molecule has 1 saturated heterocycles. The molecule has 3 aliphatic rings. The van der Waals surface area contributed by atoms with E-state index < -0.39 is 11.6 Å². The minimum absolute atomic E-state index is 0.0439. The zero-order valence-electron chi connectivity index (χ0n) is 19.1. The van der Waals surface area contributed by atoms with Crippen molar-refractivity contribution < 1.29 is 18.3 Å². The van der Waals surface area contributed by atoms with Crippen LogP contribution in [-0.2, 0) is 11.2 Å². The highest BCUT2D eigenvalue weighted by atomic mass is 19.1. The SMILES string of the molecule is CC1CCc2c(ccc(C(C=NC3CNC3)=CN)c2Oc2cc(F)ccc2F)N1C(=O)C1CC1. The smallest absolute Gasteiger partial charge is 0.230 e. The maximum atomic E-state index is 14.6. The lowest BCUT2D eigenvalue weighted by atomic mass is 9.91. The summed E-state index contributed by atoms with van der Waals surface area (Å²) in [5.74, 6) is -0.955. The molecule has 2 heterocycles. The number of benzene rings is 2. The van der Waals surface area contributed by atoms with Crippen molar-refractivity contribution in [2.45, 2.75) is 44.7 Å². The fraction of sp³-hybridized carbons (Fsp3) is 0.385. The van der Waals surface area contributed by atoms with Gasteiger partial charge in [-0.2, -0.15) is 0 Å². The van der Waals surface area contributed by atoms with Gasteiger partial charge in [0.2, 0.25) is 5.91 Å². The van der Waals surface area contributed by atoms with E-state index in [1.54, 1.807) is 6.21 Å². The molecule has 2 aromatic carbocycles. The maximum Gasteiger partial charge on any atom is 0.230 e. The molecule has 3 N–H and O–H groups in total. The number of ether oxygens (including phenoxy) is 1. The fourth-order valence-electron chi connectivity index (χ4n) is 4.44.